The first-order chi connectivity index (χ1) is 7.29. The molecule has 0 saturated heterocycles. The maximum Gasteiger partial charge on any atom is 0.0830 e. The summed E-state index contributed by atoms with van der Waals surface area (Å²) in [5.74, 6) is 0.737. The Hall–Kier alpha value is -0.900. The second kappa shape index (κ2) is 4.75. The maximum atomic E-state index is 4.16. The summed E-state index contributed by atoms with van der Waals surface area (Å²) in [7, 11) is 3.99. The minimum Gasteiger partial charge on any atom is -0.317 e. The smallest absolute Gasteiger partial charge is 0.0830 e. The molecule has 1 N–H and O–H groups in total. The van der Waals surface area contributed by atoms with Crippen LogP contribution in [-0.4, -0.2) is 28.1 Å². The fourth-order valence-corrected chi connectivity index (χ4v) is 2.59. The Kier molecular flexibility index (Phi) is 3.36. The zero-order valence-electron chi connectivity index (χ0n) is 9.61. The van der Waals surface area contributed by atoms with Gasteiger partial charge in [0, 0.05) is 19.3 Å². The quantitative estimate of drug-likeness (QED) is 0.810. The lowest BCUT2D eigenvalue weighted by molar-refractivity contribution is 0.271. The molecule has 0 aromatic carbocycles. The predicted molar refractivity (Wildman–Crippen MR) is 59.5 cm³/mol. The van der Waals surface area contributed by atoms with Crippen LogP contribution in [0.5, 0.6) is 0 Å². The summed E-state index contributed by atoms with van der Waals surface area (Å²) in [6.45, 7) is 0. The van der Waals surface area contributed by atoms with Crippen molar-refractivity contribution >= 4 is 0 Å². The molecule has 4 nitrogen and oxygen atoms in total. The minimum atomic E-state index is 0.667. The Morgan fingerprint density at radius 1 is 1.47 bits per heavy atom. The van der Waals surface area contributed by atoms with Crippen molar-refractivity contribution in [1.82, 2.24) is 20.3 Å². The number of aryl methyl sites for hydroxylation is 1. The summed E-state index contributed by atoms with van der Waals surface area (Å²) >= 11 is 0. The molecular formula is C11H20N4. The van der Waals surface area contributed by atoms with Crippen molar-refractivity contribution in [2.75, 3.05) is 7.05 Å². The lowest BCUT2D eigenvalue weighted by Gasteiger charge is -2.30. The molecule has 2 unspecified atom stereocenters. The SMILES string of the molecule is CNC1CCCCC1Cc1cn(C)nn1. The Bertz CT molecular complexity index is 307. The molecule has 2 atom stereocenters. The number of hydrogen-bond donors (Lipinski definition) is 1. The highest BCUT2D eigenvalue weighted by molar-refractivity contribution is 4.97. The molecule has 1 saturated carbocycles. The van der Waals surface area contributed by atoms with Gasteiger partial charge in [-0.05, 0) is 32.2 Å². The Labute approximate surface area is 91.1 Å². The molecule has 1 aromatic heterocycles. The van der Waals surface area contributed by atoms with Gasteiger partial charge in [-0.2, -0.15) is 0 Å². The van der Waals surface area contributed by atoms with Crippen molar-refractivity contribution in [3.05, 3.63) is 11.9 Å². The minimum absolute atomic E-state index is 0.667. The molecule has 4 heteroatoms. The first-order valence-electron chi connectivity index (χ1n) is 5.82. The van der Waals surface area contributed by atoms with E-state index >= 15 is 0 Å². The zero-order valence-corrected chi connectivity index (χ0v) is 9.61. The van der Waals surface area contributed by atoms with Crippen LogP contribution in [0.25, 0.3) is 0 Å². The summed E-state index contributed by atoms with van der Waals surface area (Å²) in [6, 6.07) is 0.667. The fraction of sp³-hybridized carbons (Fsp3) is 0.818. The van der Waals surface area contributed by atoms with Crippen LogP contribution in [0.15, 0.2) is 6.20 Å². The van der Waals surface area contributed by atoms with Gasteiger partial charge in [0.05, 0.1) is 5.69 Å². The highest BCUT2D eigenvalue weighted by atomic mass is 15.4. The summed E-state index contributed by atoms with van der Waals surface area (Å²) < 4.78 is 1.78. The molecule has 1 heterocycles. The van der Waals surface area contributed by atoms with Crippen molar-refractivity contribution in [3.8, 4) is 0 Å². The van der Waals surface area contributed by atoms with Gasteiger partial charge in [0.15, 0.2) is 0 Å². The summed E-state index contributed by atoms with van der Waals surface area (Å²) in [5.41, 5.74) is 1.13. The van der Waals surface area contributed by atoms with E-state index in [0.29, 0.717) is 6.04 Å². The summed E-state index contributed by atoms with van der Waals surface area (Å²) in [5, 5.41) is 11.6. The van der Waals surface area contributed by atoms with E-state index in [1.54, 1.807) is 4.68 Å². The first kappa shape index (κ1) is 10.6. The van der Waals surface area contributed by atoms with Gasteiger partial charge >= 0.3 is 0 Å². The van der Waals surface area contributed by atoms with Crippen molar-refractivity contribution in [2.45, 2.75) is 38.1 Å². The summed E-state index contributed by atoms with van der Waals surface area (Å²) in [6.07, 6.45) is 8.45. The molecule has 1 aliphatic rings. The van der Waals surface area contributed by atoms with Gasteiger partial charge in [0.25, 0.3) is 0 Å². The largest absolute Gasteiger partial charge is 0.317 e. The van der Waals surface area contributed by atoms with Gasteiger partial charge in [-0.25, -0.2) is 0 Å². The fourth-order valence-electron chi connectivity index (χ4n) is 2.59. The third-order valence-electron chi connectivity index (χ3n) is 3.40. The zero-order chi connectivity index (χ0) is 10.7. The average molecular weight is 208 g/mol. The molecule has 15 heavy (non-hydrogen) atoms. The maximum absolute atomic E-state index is 4.16. The normalized spacial score (nSPS) is 26.8. The van der Waals surface area contributed by atoms with Crippen LogP contribution in [0.4, 0.5) is 0 Å². The third-order valence-corrected chi connectivity index (χ3v) is 3.40. The van der Waals surface area contributed by atoms with E-state index in [1.807, 2.05) is 13.2 Å². The Morgan fingerprint density at radius 2 is 2.27 bits per heavy atom. The van der Waals surface area contributed by atoms with E-state index in [4.69, 9.17) is 0 Å². The van der Waals surface area contributed by atoms with Crippen molar-refractivity contribution < 1.29 is 0 Å². The van der Waals surface area contributed by atoms with E-state index in [-0.39, 0.29) is 0 Å². The van der Waals surface area contributed by atoms with Gasteiger partial charge in [-0.15, -0.1) is 5.10 Å². The molecule has 0 amide bonds. The first-order valence-corrected chi connectivity index (χ1v) is 5.82. The number of hydrogen-bond acceptors (Lipinski definition) is 3. The van der Waals surface area contributed by atoms with Crippen LogP contribution >= 0.6 is 0 Å². The van der Waals surface area contributed by atoms with E-state index in [1.165, 1.54) is 25.7 Å². The molecule has 84 valence electrons. The van der Waals surface area contributed by atoms with Gasteiger partial charge in [0.2, 0.25) is 0 Å². The highest BCUT2D eigenvalue weighted by Crippen LogP contribution is 2.26. The Morgan fingerprint density at radius 3 is 2.93 bits per heavy atom. The molecule has 0 radical (unpaired) electrons. The lowest BCUT2D eigenvalue weighted by atomic mass is 9.82. The van der Waals surface area contributed by atoms with Gasteiger partial charge in [-0.1, -0.05) is 18.1 Å². The molecule has 0 spiro atoms. The van der Waals surface area contributed by atoms with E-state index in [9.17, 15) is 0 Å². The topological polar surface area (TPSA) is 42.7 Å². The molecule has 1 aliphatic carbocycles. The van der Waals surface area contributed by atoms with E-state index < -0.39 is 0 Å². The highest BCUT2D eigenvalue weighted by Gasteiger charge is 2.24. The van der Waals surface area contributed by atoms with Gasteiger partial charge in [0.1, 0.15) is 0 Å². The molecular weight excluding hydrogens is 188 g/mol. The van der Waals surface area contributed by atoms with Gasteiger partial charge < -0.3 is 5.32 Å². The second-order valence-corrected chi connectivity index (χ2v) is 4.53. The van der Waals surface area contributed by atoms with Gasteiger partial charge in [-0.3, -0.25) is 4.68 Å². The summed E-state index contributed by atoms with van der Waals surface area (Å²) in [4.78, 5) is 0. The standard InChI is InChI=1S/C11H20N4/c1-12-11-6-4-3-5-9(11)7-10-8-15(2)14-13-10/h8-9,11-12H,3-7H2,1-2H3. The van der Waals surface area contributed by atoms with Crippen LogP contribution in [0.3, 0.4) is 0 Å². The Balaban J connectivity index is 1.97. The van der Waals surface area contributed by atoms with Crippen LogP contribution in [0, 0.1) is 5.92 Å². The van der Waals surface area contributed by atoms with Crippen LogP contribution < -0.4 is 5.32 Å². The van der Waals surface area contributed by atoms with E-state index in [0.717, 1.165) is 18.0 Å². The number of aromatic nitrogens is 3. The second-order valence-electron chi connectivity index (χ2n) is 4.53. The lowest BCUT2D eigenvalue weighted by Crippen LogP contribution is -2.37. The van der Waals surface area contributed by atoms with Crippen LogP contribution in [0.1, 0.15) is 31.4 Å². The molecule has 1 fully saturated rings. The number of nitrogens with zero attached hydrogens (tertiary/aromatic N) is 3. The number of rotatable bonds is 3. The molecule has 0 aliphatic heterocycles. The molecule has 1 aromatic rings. The van der Waals surface area contributed by atoms with Crippen molar-refractivity contribution in [2.24, 2.45) is 13.0 Å². The van der Waals surface area contributed by atoms with Crippen molar-refractivity contribution in [3.63, 3.8) is 0 Å². The molecule has 0 bridgehead atoms. The predicted octanol–water partition coefficient (Wildman–Crippen LogP) is 1.14. The monoisotopic (exact) mass is 208 g/mol. The third kappa shape index (κ3) is 2.56. The van der Waals surface area contributed by atoms with Crippen LogP contribution in [-0.2, 0) is 13.5 Å². The van der Waals surface area contributed by atoms with E-state index in [2.05, 4.69) is 22.7 Å². The van der Waals surface area contributed by atoms with Crippen LogP contribution in [0.2, 0.25) is 0 Å². The average Bonchev–Trinajstić information content (AvgIpc) is 2.65. The number of nitrogens with one attached hydrogen (secondary N) is 1. The molecule has 2 rings (SSSR count). The van der Waals surface area contributed by atoms with Crippen molar-refractivity contribution in [1.29, 1.82) is 0 Å².